The van der Waals surface area contributed by atoms with Crippen LogP contribution in [0.2, 0.25) is 0 Å². The van der Waals surface area contributed by atoms with Gasteiger partial charge in [-0.1, -0.05) is 13.8 Å². The van der Waals surface area contributed by atoms with Crippen LogP contribution in [-0.2, 0) is 16.6 Å². The molecule has 1 N–H and O–H groups in total. The summed E-state index contributed by atoms with van der Waals surface area (Å²) in [6.07, 6.45) is 2.50. The number of rotatable bonds is 5. The van der Waals surface area contributed by atoms with E-state index in [-0.39, 0.29) is 0 Å². The van der Waals surface area contributed by atoms with Crippen molar-refractivity contribution in [3.63, 3.8) is 0 Å². The van der Waals surface area contributed by atoms with Gasteiger partial charge in [-0.05, 0) is 30.7 Å². The Labute approximate surface area is 125 Å². The summed E-state index contributed by atoms with van der Waals surface area (Å²) in [4.78, 5) is 1.58. The standard InChI is InChI=1S/C14H22N2O2S2/c1-10-7-16(8-11(10)2)20(17,18)14-5-13(19-9-14)6-15-12-3-4-12/h5,9-12,15H,3-4,6-8H2,1-2H3. The second-order valence-corrected chi connectivity index (χ2v) is 9.11. The summed E-state index contributed by atoms with van der Waals surface area (Å²) in [7, 11) is -3.29. The van der Waals surface area contributed by atoms with Gasteiger partial charge in [0.15, 0.2) is 0 Å². The minimum atomic E-state index is -3.29. The van der Waals surface area contributed by atoms with Gasteiger partial charge in [-0.25, -0.2) is 8.42 Å². The fraction of sp³-hybridized carbons (Fsp3) is 0.714. The van der Waals surface area contributed by atoms with Gasteiger partial charge >= 0.3 is 0 Å². The zero-order valence-corrected chi connectivity index (χ0v) is 13.6. The minimum absolute atomic E-state index is 0.444. The zero-order valence-electron chi connectivity index (χ0n) is 12.0. The molecule has 2 aliphatic rings. The summed E-state index contributed by atoms with van der Waals surface area (Å²) in [6.45, 7) is 6.33. The molecule has 1 saturated carbocycles. The van der Waals surface area contributed by atoms with Crippen molar-refractivity contribution in [2.75, 3.05) is 13.1 Å². The van der Waals surface area contributed by atoms with E-state index in [1.54, 1.807) is 9.69 Å². The molecule has 3 rings (SSSR count). The van der Waals surface area contributed by atoms with E-state index in [1.807, 2.05) is 6.07 Å². The highest BCUT2D eigenvalue weighted by atomic mass is 32.2. The SMILES string of the molecule is CC1CN(S(=O)(=O)c2csc(CNC3CC3)c2)CC1C. The molecule has 0 aromatic carbocycles. The Balaban J connectivity index is 1.70. The number of nitrogens with one attached hydrogen (secondary N) is 1. The first-order chi connectivity index (χ1) is 9.46. The van der Waals surface area contributed by atoms with Gasteiger partial charge in [0, 0.05) is 35.9 Å². The summed E-state index contributed by atoms with van der Waals surface area (Å²) < 4.78 is 26.8. The second kappa shape index (κ2) is 5.40. The van der Waals surface area contributed by atoms with Crippen LogP contribution in [0.4, 0.5) is 0 Å². The lowest BCUT2D eigenvalue weighted by atomic mass is 10.0. The van der Waals surface area contributed by atoms with Gasteiger partial charge < -0.3 is 5.32 Å². The first kappa shape index (κ1) is 14.5. The van der Waals surface area contributed by atoms with Crippen LogP contribution in [0.3, 0.4) is 0 Å². The molecule has 1 aliphatic carbocycles. The molecular formula is C14H22N2O2S2. The molecule has 0 radical (unpaired) electrons. The molecular weight excluding hydrogens is 292 g/mol. The summed E-state index contributed by atoms with van der Waals surface area (Å²) in [6, 6.07) is 2.49. The van der Waals surface area contributed by atoms with Crippen LogP contribution in [0.1, 0.15) is 31.6 Å². The molecule has 1 aliphatic heterocycles. The lowest BCUT2D eigenvalue weighted by Gasteiger charge is -2.14. The monoisotopic (exact) mass is 314 g/mol. The summed E-state index contributed by atoms with van der Waals surface area (Å²) in [5.74, 6) is 0.888. The van der Waals surface area contributed by atoms with Gasteiger partial charge in [0.25, 0.3) is 0 Å². The number of sulfonamides is 1. The molecule has 4 nitrogen and oxygen atoms in total. The van der Waals surface area contributed by atoms with Crippen molar-refractivity contribution in [3.05, 3.63) is 16.3 Å². The summed E-state index contributed by atoms with van der Waals surface area (Å²) >= 11 is 1.54. The average molecular weight is 314 g/mol. The molecule has 0 bridgehead atoms. The van der Waals surface area contributed by atoms with E-state index in [1.165, 1.54) is 24.2 Å². The Morgan fingerprint density at radius 1 is 1.30 bits per heavy atom. The Bertz CT molecular complexity index is 568. The lowest BCUT2D eigenvalue weighted by Crippen LogP contribution is -2.28. The Hall–Kier alpha value is -0.430. The van der Waals surface area contributed by atoms with Crippen molar-refractivity contribution in [2.45, 2.75) is 44.2 Å². The van der Waals surface area contributed by atoms with Crippen LogP contribution < -0.4 is 5.32 Å². The average Bonchev–Trinajstić information content (AvgIpc) is 2.99. The van der Waals surface area contributed by atoms with Crippen LogP contribution in [-0.4, -0.2) is 31.9 Å². The molecule has 1 aromatic heterocycles. The molecule has 2 heterocycles. The maximum absolute atomic E-state index is 12.6. The summed E-state index contributed by atoms with van der Waals surface area (Å²) in [5.41, 5.74) is 0. The molecule has 112 valence electrons. The number of hydrogen-bond donors (Lipinski definition) is 1. The van der Waals surface area contributed by atoms with Crippen LogP contribution in [0.5, 0.6) is 0 Å². The van der Waals surface area contributed by atoms with Crippen LogP contribution in [0.15, 0.2) is 16.3 Å². The molecule has 2 unspecified atom stereocenters. The number of hydrogen-bond acceptors (Lipinski definition) is 4. The second-order valence-electron chi connectivity index (χ2n) is 6.18. The van der Waals surface area contributed by atoms with Crippen LogP contribution in [0.25, 0.3) is 0 Å². The Morgan fingerprint density at radius 3 is 2.55 bits per heavy atom. The highest BCUT2D eigenvalue weighted by Crippen LogP contribution is 2.30. The van der Waals surface area contributed by atoms with Crippen molar-refractivity contribution in [2.24, 2.45) is 11.8 Å². The van der Waals surface area contributed by atoms with Gasteiger partial charge in [-0.15, -0.1) is 11.3 Å². The first-order valence-corrected chi connectivity index (χ1v) is 9.59. The molecule has 2 atom stereocenters. The topological polar surface area (TPSA) is 49.4 Å². The van der Waals surface area contributed by atoms with E-state index in [2.05, 4.69) is 19.2 Å². The fourth-order valence-corrected chi connectivity index (χ4v) is 5.40. The van der Waals surface area contributed by atoms with Gasteiger partial charge in [0.05, 0.1) is 4.90 Å². The zero-order chi connectivity index (χ0) is 14.3. The predicted molar refractivity (Wildman–Crippen MR) is 81.3 cm³/mol. The molecule has 0 amide bonds. The minimum Gasteiger partial charge on any atom is -0.309 e. The smallest absolute Gasteiger partial charge is 0.243 e. The first-order valence-electron chi connectivity index (χ1n) is 7.28. The highest BCUT2D eigenvalue weighted by Gasteiger charge is 2.35. The predicted octanol–water partition coefficient (Wildman–Crippen LogP) is 2.28. The Kier molecular flexibility index (Phi) is 3.92. The molecule has 20 heavy (non-hydrogen) atoms. The maximum Gasteiger partial charge on any atom is 0.243 e. The van der Waals surface area contributed by atoms with E-state index < -0.39 is 10.0 Å². The quantitative estimate of drug-likeness (QED) is 0.907. The van der Waals surface area contributed by atoms with Crippen molar-refractivity contribution < 1.29 is 8.42 Å². The van der Waals surface area contributed by atoms with Crippen LogP contribution >= 0.6 is 11.3 Å². The molecule has 6 heteroatoms. The van der Waals surface area contributed by atoms with Crippen molar-refractivity contribution in [1.29, 1.82) is 0 Å². The third kappa shape index (κ3) is 2.93. The third-order valence-corrected chi connectivity index (χ3v) is 7.26. The molecule has 1 aromatic rings. The fourth-order valence-electron chi connectivity index (χ4n) is 2.54. The van der Waals surface area contributed by atoms with Gasteiger partial charge in [-0.2, -0.15) is 4.31 Å². The van der Waals surface area contributed by atoms with Crippen molar-refractivity contribution >= 4 is 21.4 Å². The largest absolute Gasteiger partial charge is 0.309 e. The van der Waals surface area contributed by atoms with E-state index in [0.717, 1.165) is 11.4 Å². The number of thiophene rings is 1. The lowest BCUT2D eigenvalue weighted by molar-refractivity contribution is 0.463. The summed E-state index contributed by atoms with van der Waals surface area (Å²) in [5, 5.41) is 5.21. The van der Waals surface area contributed by atoms with E-state index >= 15 is 0 Å². The highest BCUT2D eigenvalue weighted by molar-refractivity contribution is 7.89. The molecule has 2 fully saturated rings. The van der Waals surface area contributed by atoms with Gasteiger partial charge in [-0.3, -0.25) is 0 Å². The van der Waals surface area contributed by atoms with E-state index in [4.69, 9.17) is 0 Å². The van der Waals surface area contributed by atoms with Crippen LogP contribution in [0, 0.1) is 11.8 Å². The maximum atomic E-state index is 12.6. The van der Waals surface area contributed by atoms with E-state index in [9.17, 15) is 8.42 Å². The normalized spacial score (nSPS) is 28.1. The Morgan fingerprint density at radius 2 is 1.95 bits per heavy atom. The van der Waals surface area contributed by atoms with E-state index in [0.29, 0.717) is 35.9 Å². The van der Waals surface area contributed by atoms with Crippen molar-refractivity contribution in [3.8, 4) is 0 Å². The van der Waals surface area contributed by atoms with Gasteiger partial charge in [0.1, 0.15) is 0 Å². The van der Waals surface area contributed by atoms with Gasteiger partial charge in [0.2, 0.25) is 10.0 Å². The van der Waals surface area contributed by atoms with Crippen molar-refractivity contribution in [1.82, 2.24) is 9.62 Å². The third-order valence-electron chi connectivity index (χ3n) is 4.36. The number of nitrogens with zero attached hydrogens (tertiary/aromatic N) is 1. The molecule has 0 spiro atoms. The molecule has 1 saturated heterocycles.